The lowest BCUT2D eigenvalue weighted by Gasteiger charge is -2.15. The minimum Gasteiger partial charge on any atom is -0.496 e. The molecular formula is C23H21F4N3O4S. The van der Waals surface area contributed by atoms with Crippen LogP contribution in [0.25, 0.3) is 11.1 Å². The molecule has 0 aliphatic rings. The van der Waals surface area contributed by atoms with Crippen LogP contribution in [0, 0.1) is 5.82 Å². The number of nitrogens with zero attached hydrogens (tertiary/aromatic N) is 1. The molecule has 3 N–H and O–H groups in total. The van der Waals surface area contributed by atoms with Gasteiger partial charge in [-0.1, -0.05) is 0 Å². The Morgan fingerprint density at radius 2 is 1.86 bits per heavy atom. The molecule has 1 amide bonds. The van der Waals surface area contributed by atoms with Crippen LogP contribution in [-0.2, 0) is 22.6 Å². The van der Waals surface area contributed by atoms with Crippen molar-refractivity contribution in [2.75, 3.05) is 19.4 Å². The van der Waals surface area contributed by atoms with E-state index < -0.39 is 49.5 Å². The number of alkyl halides is 3. The molecule has 0 spiro atoms. The minimum atomic E-state index is -4.88. The molecule has 2 aromatic carbocycles. The topological polar surface area (TPSA) is 111 Å². The number of nitrogens with one attached hydrogen (secondary N) is 1. The van der Waals surface area contributed by atoms with E-state index in [2.05, 4.69) is 10.3 Å². The number of hydrogen-bond acceptors (Lipinski definition) is 6. The Balaban J connectivity index is 1.94. The van der Waals surface area contributed by atoms with Gasteiger partial charge < -0.3 is 15.8 Å². The number of ether oxygens (including phenoxy) is 1. The Morgan fingerprint density at radius 3 is 2.51 bits per heavy atom. The van der Waals surface area contributed by atoms with Crippen LogP contribution in [0.1, 0.15) is 21.5 Å². The summed E-state index contributed by atoms with van der Waals surface area (Å²) in [4.78, 5) is 16.1. The van der Waals surface area contributed by atoms with E-state index in [0.717, 1.165) is 6.07 Å². The van der Waals surface area contributed by atoms with E-state index in [1.54, 1.807) is 6.07 Å². The number of methoxy groups -OCH3 is 1. The molecule has 1 aromatic heterocycles. The first-order valence-electron chi connectivity index (χ1n) is 10.2. The number of amides is 1. The fourth-order valence-corrected chi connectivity index (χ4v) is 4.50. The smallest absolute Gasteiger partial charge is 0.416 e. The number of sulfone groups is 1. The Labute approximate surface area is 198 Å². The lowest BCUT2D eigenvalue weighted by atomic mass is 10.0. The fourth-order valence-electron chi connectivity index (χ4n) is 3.34. The maximum absolute atomic E-state index is 13.6. The summed E-state index contributed by atoms with van der Waals surface area (Å²) in [5.41, 5.74) is 5.02. The van der Waals surface area contributed by atoms with Crippen LogP contribution in [0.2, 0.25) is 0 Å². The van der Waals surface area contributed by atoms with E-state index in [1.165, 1.54) is 37.7 Å². The van der Waals surface area contributed by atoms with E-state index in [1.807, 2.05) is 0 Å². The lowest BCUT2D eigenvalue weighted by molar-refractivity contribution is -0.137. The van der Waals surface area contributed by atoms with Gasteiger partial charge in [0.2, 0.25) is 0 Å². The molecule has 0 saturated heterocycles. The summed E-state index contributed by atoms with van der Waals surface area (Å²) < 4.78 is 83.6. The van der Waals surface area contributed by atoms with Crippen LogP contribution in [0.3, 0.4) is 0 Å². The van der Waals surface area contributed by atoms with Gasteiger partial charge in [0.25, 0.3) is 5.91 Å². The van der Waals surface area contributed by atoms with Gasteiger partial charge in [0.1, 0.15) is 11.6 Å². The molecule has 0 aliphatic heterocycles. The Hall–Kier alpha value is -3.51. The van der Waals surface area contributed by atoms with E-state index in [0.29, 0.717) is 28.8 Å². The molecule has 0 aliphatic carbocycles. The number of halogens is 4. The van der Waals surface area contributed by atoms with Gasteiger partial charge in [-0.05, 0) is 47.5 Å². The van der Waals surface area contributed by atoms with E-state index in [9.17, 15) is 30.8 Å². The van der Waals surface area contributed by atoms with Crippen molar-refractivity contribution in [3.05, 3.63) is 77.4 Å². The van der Waals surface area contributed by atoms with E-state index in [-0.39, 0.29) is 18.8 Å². The zero-order valence-corrected chi connectivity index (χ0v) is 19.2. The summed E-state index contributed by atoms with van der Waals surface area (Å²) >= 11 is 0. The molecular weight excluding hydrogens is 490 g/mol. The summed E-state index contributed by atoms with van der Waals surface area (Å²) in [6.45, 7) is -0.458. The first kappa shape index (κ1) is 26.1. The summed E-state index contributed by atoms with van der Waals surface area (Å²) in [6, 6.07) is 7.43. The summed E-state index contributed by atoms with van der Waals surface area (Å²) in [5, 5.41) is 2.48. The summed E-state index contributed by atoms with van der Waals surface area (Å²) in [5.74, 6) is -1.79. The van der Waals surface area contributed by atoms with Gasteiger partial charge in [-0.15, -0.1) is 0 Å². The third-order valence-corrected chi connectivity index (χ3v) is 6.77. The first-order chi connectivity index (χ1) is 16.5. The van der Waals surface area contributed by atoms with Gasteiger partial charge in [0, 0.05) is 42.7 Å². The van der Waals surface area contributed by atoms with Crippen molar-refractivity contribution in [1.82, 2.24) is 10.3 Å². The highest BCUT2D eigenvalue weighted by Gasteiger charge is 2.33. The molecule has 1 heterocycles. The van der Waals surface area contributed by atoms with Gasteiger partial charge in [-0.3, -0.25) is 9.78 Å². The number of pyridine rings is 1. The van der Waals surface area contributed by atoms with Crippen molar-refractivity contribution in [3.8, 4) is 16.9 Å². The average Bonchev–Trinajstić information content (AvgIpc) is 2.81. The minimum absolute atomic E-state index is 0.163. The normalized spacial score (nSPS) is 11.8. The van der Waals surface area contributed by atoms with Gasteiger partial charge >= 0.3 is 6.18 Å². The van der Waals surface area contributed by atoms with Crippen LogP contribution in [-0.4, -0.2) is 38.7 Å². The highest BCUT2D eigenvalue weighted by Crippen LogP contribution is 2.34. The second-order valence-corrected chi connectivity index (χ2v) is 9.52. The lowest BCUT2D eigenvalue weighted by Crippen LogP contribution is -2.25. The quantitative estimate of drug-likeness (QED) is 0.448. The second kappa shape index (κ2) is 10.4. The average molecular weight is 511 g/mol. The number of carbonyl (C=O) groups excluding carboxylic acids is 1. The first-order valence-corrected chi connectivity index (χ1v) is 11.8. The number of hydrogen-bond donors (Lipinski definition) is 2. The molecule has 0 bridgehead atoms. The maximum atomic E-state index is 13.6. The van der Waals surface area contributed by atoms with Gasteiger partial charge in [-0.25, -0.2) is 12.8 Å². The molecule has 0 radical (unpaired) electrons. The zero-order chi connectivity index (χ0) is 25.8. The number of nitrogens with two attached hydrogens (primary N) is 1. The van der Waals surface area contributed by atoms with Crippen LogP contribution >= 0.6 is 0 Å². The molecule has 12 heteroatoms. The predicted octanol–water partition coefficient (Wildman–Crippen LogP) is 3.58. The van der Waals surface area contributed by atoms with Crippen molar-refractivity contribution in [3.63, 3.8) is 0 Å². The summed E-state index contributed by atoms with van der Waals surface area (Å²) in [6.07, 6.45) is -1.97. The van der Waals surface area contributed by atoms with Crippen molar-refractivity contribution < 1.29 is 35.5 Å². The largest absolute Gasteiger partial charge is 0.496 e. The zero-order valence-electron chi connectivity index (χ0n) is 18.4. The third-order valence-electron chi connectivity index (χ3n) is 5.04. The molecule has 0 fully saturated rings. The molecule has 0 unspecified atom stereocenters. The number of aromatic nitrogens is 1. The molecule has 35 heavy (non-hydrogen) atoms. The number of carbonyl (C=O) groups is 1. The monoisotopic (exact) mass is 511 g/mol. The van der Waals surface area contributed by atoms with Crippen molar-refractivity contribution in [2.24, 2.45) is 5.73 Å². The molecule has 7 nitrogen and oxygen atoms in total. The molecule has 0 atom stereocenters. The van der Waals surface area contributed by atoms with Crippen LogP contribution in [0.5, 0.6) is 5.75 Å². The Bertz CT molecular complexity index is 1340. The van der Waals surface area contributed by atoms with Crippen LogP contribution < -0.4 is 15.8 Å². The number of rotatable bonds is 8. The Kier molecular flexibility index (Phi) is 7.76. The van der Waals surface area contributed by atoms with Crippen LogP contribution in [0.4, 0.5) is 17.6 Å². The van der Waals surface area contributed by atoms with Gasteiger partial charge in [0.15, 0.2) is 9.84 Å². The van der Waals surface area contributed by atoms with Gasteiger partial charge in [0.05, 0.1) is 23.3 Å². The summed E-state index contributed by atoms with van der Waals surface area (Å²) in [7, 11) is -2.76. The number of benzene rings is 2. The second-order valence-electron chi connectivity index (χ2n) is 7.41. The third kappa shape index (κ3) is 6.14. The van der Waals surface area contributed by atoms with E-state index >= 15 is 0 Å². The predicted molar refractivity (Wildman–Crippen MR) is 120 cm³/mol. The van der Waals surface area contributed by atoms with Gasteiger partial charge in [-0.2, -0.15) is 13.2 Å². The molecule has 3 rings (SSSR count). The fraction of sp³-hybridized carbons (Fsp3) is 0.217. The molecule has 3 aromatic rings. The highest BCUT2D eigenvalue weighted by atomic mass is 32.2. The molecule has 186 valence electrons. The van der Waals surface area contributed by atoms with Crippen LogP contribution in [0.15, 0.2) is 59.8 Å². The Morgan fingerprint density at radius 1 is 1.11 bits per heavy atom. The SMILES string of the molecule is COc1cc(F)ccc1-c1ccncc1CNC(=O)c1cc(C(F)(F)F)cc(S(=O)(=O)CCN)c1. The van der Waals surface area contributed by atoms with Crippen molar-refractivity contribution in [2.45, 2.75) is 17.6 Å². The van der Waals surface area contributed by atoms with Crippen molar-refractivity contribution in [1.29, 1.82) is 0 Å². The standard InChI is InChI=1S/C23H21F4N3O4S/c1-34-21-11-17(24)2-3-20(21)19-4-6-29-12-15(19)13-30-22(31)14-8-16(23(25,26)27)10-18(9-14)35(32,33)7-5-28/h2-4,6,8-12H,5,7,13,28H2,1H3,(H,30,31). The maximum Gasteiger partial charge on any atom is 0.416 e. The molecule has 0 saturated carbocycles. The highest BCUT2D eigenvalue weighted by molar-refractivity contribution is 7.91. The van der Waals surface area contributed by atoms with Crippen molar-refractivity contribution >= 4 is 15.7 Å². The van der Waals surface area contributed by atoms with E-state index in [4.69, 9.17) is 10.5 Å².